The van der Waals surface area contributed by atoms with Gasteiger partial charge in [-0.1, -0.05) is 17.7 Å². The second kappa shape index (κ2) is 5.84. The van der Waals surface area contributed by atoms with Crippen LogP contribution in [-0.2, 0) is 0 Å². The summed E-state index contributed by atoms with van der Waals surface area (Å²) in [6, 6.07) is 10.2. The minimum absolute atomic E-state index is 0.0338. The first-order valence-corrected chi connectivity index (χ1v) is 6.91. The van der Waals surface area contributed by atoms with Crippen LogP contribution in [0.15, 0.2) is 48.8 Å². The van der Waals surface area contributed by atoms with E-state index in [1.54, 1.807) is 37.4 Å². The van der Waals surface area contributed by atoms with Crippen LogP contribution in [0.1, 0.15) is 26.4 Å². The van der Waals surface area contributed by atoms with Crippen molar-refractivity contribution in [3.05, 3.63) is 65.6 Å². The lowest BCUT2D eigenvalue weighted by atomic mass is 10.1. The maximum atomic E-state index is 12.5. The molecule has 3 aromatic rings. The normalized spacial score (nSPS) is 10.5. The number of benzene rings is 1. The summed E-state index contributed by atoms with van der Waals surface area (Å²) in [4.78, 5) is 32.1. The molecule has 0 saturated heterocycles. The fraction of sp³-hybridized carbons (Fsp3) is 0.0588. The first-order chi connectivity index (χ1) is 11.1. The van der Waals surface area contributed by atoms with Gasteiger partial charge in [0, 0.05) is 17.8 Å². The molecule has 2 heterocycles. The van der Waals surface area contributed by atoms with Crippen molar-refractivity contribution in [2.45, 2.75) is 6.92 Å². The molecule has 0 radical (unpaired) electrons. The number of rotatable bonds is 3. The average Bonchev–Trinajstić information content (AvgIpc) is 2.55. The van der Waals surface area contributed by atoms with Crippen LogP contribution in [0.3, 0.4) is 0 Å². The van der Waals surface area contributed by atoms with Crippen LogP contribution >= 0.6 is 0 Å². The van der Waals surface area contributed by atoms with E-state index in [-0.39, 0.29) is 16.9 Å². The Morgan fingerprint density at radius 3 is 2.70 bits per heavy atom. The number of anilines is 1. The molecule has 0 aliphatic rings. The molecule has 0 spiro atoms. The summed E-state index contributed by atoms with van der Waals surface area (Å²) in [5, 5.41) is 12.7. The zero-order chi connectivity index (χ0) is 16.4. The molecule has 6 nitrogen and oxygen atoms in total. The minimum atomic E-state index is -1.10. The van der Waals surface area contributed by atoms with E-state index >= 15 is 0 Å². The molecule has 0 saturated carbocycles. The molecule has 0 aliphatic carbocycles. The zero-order valence-electron chi connectivity index (χ0n) is 12.3. The van der Waals surface area contributed by atoms with E-state index in [9.17, 15) is 14.7 Å². The molecule has 114 valence electrons. The van der Waals surface area contributed by atoms with Crippen molar-refractivity contribution in [1.29, 1.82) is 0 Å². The Labute approximate surface area is 131 Å². The topological polar surface area (TPSA) is 92.2 Å². The van der Waals surface area contributed by atoms with Crippen molar-refractivity contribution in [3.63, 3.8) is 0 Å². The number of hydrogen-bond acceptors (Lipinski definition) is 4. The zero-order valence-corrected chi connectivity index (χ0v) is 12.3. The number of aryl methyl sites for hydroxylation is 1. The van der Waals surface area contributed by atoms with Crippen LogP contribution < -0.4 is 5.32 Å². The van der Waals surface area contributed by atoms with Gasteiger partial charge in [-0.15, -0.1) is 0 Å². The van der Waals surface area contributed by atoms with Crippen LogP contribution in [0, 0.1) is 6.92 Å². The molecular formula is C17H13N3O3. The molecule has 0 atom stereocenters. The van der Waals surface area contributed by atoms with Crippen LogP contribution in [0.2, 0.25) is 0 Å². The van der Waals surface area contributed by atoms with E-state index in [2.05, 4.69) is 15.3 Å². The minimum Gasteiger partial charge on any atom is -0.478 e. The smallest absolute Gasteiger partial charge is 0.337 e. The summed E-state index contributed by atoms with van der Waals surface area (Å²) < 4.78 is 0. The van der Waals surface area contributed by atoms with Gasteiger partial charge in [-0.2, -0.15) is 0 Å². The number of nitrogens with one attached hydrogen (secondary N) is 1. The van der Waals surface area contributed by atoms with Crippen LogP contribution in [0.25, 0.3) is 10.9 Å². The summed E-state index contributed by atoms with van der Waals surface area (Å²) in [5.41, 5.74) is 1.68. The number of nitrogens with zero attached hydrogens (tertiary/aromatic N) is 2. The third-order valence-electron chi connectivity index (χ3n) is 3.39. The second-order valence-corrected chi connectivity index (χ2v) is 5.04. The molecule has 23 heavy (non-hydrogen) atoms. The SMILES string of the molecule is Cc1ccc(NC(=O)c2nccc3cccnc23)c(C(=O)O)c1. The van der Waals surface area contributed by atoms with Gasteiger partial charge in [-0.3, -0.25) is 9.78 Å². The van der Waals surface area contributed by atoms with Gasteiger partial charge in [0.1, 0.15) is 5.52 Å². The molecule has 0 bridgehead atoms. The number of fused-ring (bicyclic) bond motifs is 1. The Morgan fingerprint density at radius 1 is 1.09 bits per heavy atom. The number of aromatic carboxylic acids is 1. The Balaban J connectivity index is 2.00. The van der Waals surface area contributed by atoms with Crippen molar-refractivity contribution < 1.29 is 14.7 Å². The maximum Gasteiger partial charge on any atom is 0.337 e. The summed E-state index contributed by atoms with van der Waals surface area (Å²) in [6.45, 7) is 1.79. The monoisotopic (exact) mass is 307 g/mol. The predicted octanol–water partition coefficient (Wildman–Crippen LogP) is 2.89. The van der Waals surface area contributed by atoms with Gasteiger partial charge in [0.05, 0.1) is 11.3 Å². The third-order valence-corrected chi connectivity index (χ3v) is 3.39. The second-order valence-electron chi connectivity index (χ2n) is 5.04. The van der Waals surface area contributed by atoms with Crippen LogP contribution in [-0.4, -0.2) is 27.0 Å². The quantitative estimate of drug-likeness (QED) is 0.776. The highest BCUT2D eigenvalue weighted by atomic mass is 16.4. The van der Waals surface area contributed by atoms with Gasteiger partial charge < -0.3 is 10.4 Å². The fourth-order valence-corrected chi connectivity index (χ4v) is 2.30. The van der Waals surface area contributed by atoms with E-state index in [0.29, 0.717) is 5.52 Å². The highest BCUT2D eigenvalue weighted by Gasteiger charge is 2.17. The number of carbonyl (C=O) groups is 2. The third kappa shape index (κ3) is 2.87. The Morgan fingerprint density at radius 2 is 1.91 bits per heavy atom. The summed E-state index contributed by atoms with van der Waals surface area (Å²) in [5.74, 6) is -1.60. The summed E-state index contributed by atoms with van der Waals surface area (Å²) >= 11 is 0. The van der Waals surface area contributed by atoms with Crippen molar-refractivity contribution in [2.24, 2.45) is 0 Å². The summed E-state index contributed by atoms with van der Waals surface area (Å²) in [7, 11) is 0. The largest absolute Gasteiger partial charge is 0.478 e. The van der Waals surface area contributed by atoms with E-state index in [4.69, 9.17) is 0 Å². The Kier molecular flexibility index (Phi) is 3.72. The first kappa shape index (κ1) is 14.6. The van der Waals surface area contributed by atoms with E-state index in [0.717, 1.165) is 10.9 Å². The molecule has 0 fully saturated rings. The van der Waals surface area contributed by atoms with Gasteiger partial charge >= 0.3 is 5.97 Å². The van der Waals surface area contributed by atoms with E-state index < -0.39 is 11.9 Å². The molecular weight excluding hydrogens is 294 g/mol. The molecule has 2 N–H and O–H groups in total. The number of carboxylic acids is 1. The number of carbonyl (C=O) groups excluding carboxylic acids is 1. The van der Waals surface area contributed by atoms with Crippen LogP contribution in [0.4, 0.5) is 5.69 Å². The van der Waals surface area contributed by atoms with Crippen molar-refractivity contribution >= 4 is 28.5 Å². The van der Waals surface area contributed by atoms with Crippen molar-refractivity contribution in [3.8, 4) is 0 Å². The Bertz CT molecular complexity index is 917. The van der Waals surface area contributed by atoms with Crippen molar-refractivity contribution in [2.75, 3.05) is 5.32 Å². The standard InChI is InChI=1S/C17H13N3O3/c1-10-4-5-13(12(9-10)17(22)23)20-16(21)15-14-11(6-8-19-15)3-2-7-18-14/h2-9H,1H3,(H,20,21)(H,22,23). The van der Waals surface area contributed by atoms with Gasteiger partial charge in [-0.25, -0.2) is 9.78 Å². The molecule has 0 unspecified atom stereocenters. The molecule has 3 rings (SSSR count). The van der Waals surface area contributed by atoms with Gasteiger partial charge in [-0.05, 0) is 31.2 Å². The number of aromatic nitrogens is 2. The molecule has 0 aliphatic heterocycles. The summed E-state index contributed by atoms with van der Waals surface area (Å²) in [6.07, 6.45) is 3.10. The lowest BCUT2D eigenvalue weighted by Crippen LogP contribution is -2.17. The number of hydrogen-bond donors (Lipinski definition) is 2. The number of amides is 1. The fourth-order valence-electron chi connectivity index (χ4n) is 2.30. The van der Waals surface area contributed by atoms with Gasteiger partial charge in [0.25, 0.3) is 5.91 Å². The van der Waals surface area contributed by atoms with E-state index in [1.807, 2.05) is 6.07 Å². The number of pyridine rings is 2. The Hall–Kier alpha value is -3.28. The van der Waals surface area contributed by atoms with Gasteiger partial charge in [0.2, 0.25) is 0 Å². The molecule has 1 amide bonds. The lowest BCUT2D eigenvalue weighted by Gasteiger charge is -2.10. The van der Waals surface area contributed by atoms with Crippen molar-refractivity contribution in [1.82, 2.24) is 9.97 Å². The first-order valence-electron chi connectivity index (χ1n) is 6.91. The average molecular weight is 307 g/mol. The van der Waals surface area contributed by atoms with Gasteiger partial charge in [0.15, 0.2) is 5.69 Å². The highest BCUT2D eigenvalue weighted by molar-refractivity contribution is 6.12. The molecule has 2 aromatic heterocycles. The number of carboxylic acid groups (broad SMARTS) is 1. The predicted molar refractivity (Wildman–Crippen MR) is 85.6 cm³/mol. The molecule has 1 aromatic carbocycles. The van der Waals surface area contributed by atoms with E-state index in [1.165, 1.54) is 12.3 Å². The lowest BCUT2D eigenvalue weighted by molar-refractivity contribution is 0.0698. The molecule has 6 heteroatoms. The van der Waals surface area contributed by atoms with Crippen LogP contribution in [0.5, 0.6) is 0 Å². The highest BCUT2D eigenvalue weighted by Crippen LogP contribution is 2.20. The maximum absolute atomic E-state index is 12.5.